The van der Waals surface area contributed by atoms with Gasteiger partial charge in [-0.05, 0) is 30.3 Å². The number of carboxylic acid groups (broad SMARTS) is 2. The molecule has 2 aromatic rings. The Kier molecular flexibility index (Phi) is 3.76. The standard InChI is InChI=1S/C15H12N2O6S/c18-14(19)8-5-9(15(20)21)7-10(6-8)16-13-11-3-1-2-4-12(11)24(22,23)17-13/h1-7,22-23H,(H,16,17)(H,18,19)(H,20,21). The SMILES string of the molecule is O=C(O)c1cc(NC2=NS(O)(O)c3ccccc32)cc(C(=O)O)c1. The molecule has 5 N–H and O–H groups in total. The number of fused-ring (bicyclic) bond motifs is 1. The van der Waals surface area contributed by atoms with Crippen molar-refractivity contribution in [2.75, 3.05) is 5.32 Å². The fourth-order valence-electron chi connectivity index (χ4n) is 2.30. The minimum absolute atomic E-state index is 0.129. The fourth-order valence-corrected chi connectivity index (χ4v) is 3.52. The summed E-state index contributed by atoms with van der Waals surface area (Å²) in [5, 5.41) is 20.9. The van der Waals surface area contributed by atoms with E-state index in [2.05, 4.69) is 9.71 Å². The lowest BCUT2D eigenvalue weighted by Crippen LogP contribution is -2.13. The zero-order valence-corrected chi connectivity index (χ0v) is 12.8. The highest BCUT2D eigenvalue weighted by molar-refractivity contribution is 8.23. The van der Waals surface area contributed by atoms with Crippen molar-refractivity contribution < 1.29 is 28.9 Å². The molecule has 124 valence electrons. The highest BCUT2D eigenvalue weighted by Gasteiger charge is 2.29. The fraction of sp³-hybridized carbons (Fsp3) is 0. The number of hydrogen-bond acceptors (Lipinski definition) is 6. The lowest BCUT2D eigenvalue weighted by molar-refractivity contribution is 0.0696. The number of nitrogens with zero attached hydrogens (tertiary/aromatic N) is 1. The number of carboxylic acids is 2. The average molecular weight is 348 g/mol. The summed E-state index contributed by atoms with van der Waals surface area (Å²) in [6.45, 7) is 0. The molecule has 9 heteroatoms. The molecular weight excluding hydrogens is 336 g/mol. The van der Waals surface area contributed by atoms with Gasteiger partial charge in [0.2, 0.25) is 0 Å². The van der Waals surface area contributed by atoms with Gasteiger partial charge >= 0.3 is 11.9 Å². The Balaban J connectivity index is 2.03. The zero-order valence-electron chi connectivity index (χ0n) is 12.0. The Morgan fingerprint density at radius 1 is 0.958 bits per heavy atom. The molecule has 0 amide bonds. The number of benzene rings is 2. The second-order valence-electron chi connectivity index (χ2n) is 4.99. The molecule has 8 nitrogen and oxygen atoms in total. The molecule has 1 aliphatic rings. The van der Waals surface area contributed by atoms with Crippen LogP contribution in [-0.4, -0.2) is 37.1 Å². The third-order valence-electron chi connectivity index (χ3n) is 3.35. The number of aromatic carboxylic acids is 2. The molecule has 0 radical (unpaired) electrons. The van der Waals surface area contributed by atoms with E-state index in [0.29, 0.717) is 5.56 Å². The van der Waals surface area contributed by atoms with Gasteiger partial charge in [-0.1, -0.05) is 22.9 Å². The third kappa shape index (κ3) is 2.83. The second-order valence-corrected chi connectivity index (χ2v) is 6.65. The quantitative estimate of drug-likeness (QED) is 0.574. The summed E-state index contributed by atoms with van der Waals surface area (Å²) in [6, 6.07) is 9.99. The first-order valence-electron chi connectivity index (χ1n) is 6.64. The Morgan fingerprint density at radius 3 is 2.12 bits per heavy atom. The van der Waals surface area contributed by atoms with Crippen LogP contribution in [0.25, 0.3) is 0 Å². The average Bonchev–Trinajstić information content (AvgIpc) is 2.78. The molecule has 0 saturated heterocycles. The molecular formula is C15H12N2O6S. The number of rotatable bonds is 3. The largest absolute Gasteiger partial charge is 0.478 e. The molecule has 1 aliphatic heterocycles. The van der Waals surface area contributed by atoms with Crippen LogP contribution in [0.3, 0.4) is 0 Å². The minimum Gasteiger partial charge on any atom is -0.478 e. The van der Waals surface area contributed by atoms with E-state index in [1.54, 1.807) is 18.2 Å². The van der Waals surface area contributed by atoms with Gasteiger partial charge in [0.1, 0.15) is 0 Å². The maximum Gasteiger partial charge on any atom is 0.335 e. The van der Waals surface area contributed by atoms with E-state index < -0.39 is 22.7 Å². The van der Waals surface area contributed by atoms with Crippen molar-refractivity contribution in [2.24, 2.45) is 4.40 Å². The van der Waals surface area contributed by atoms with Gasteiger partial charge in [0.05, 0.1) is 16.0 Å². The molecule has 0 fully saturated rings. The molecule has 24 heavy (non-hydrogen) atoms. The van der Waals surface area contributed by atoms with Crippen LogP contribution in [0.5, 0.6) is 0 Å². The Bertz CT molecular complexity index is 861. The van der Waals surface area contributed by atoms with Crippen molar-refractivity contribution in [3.05, 3.63) is 59.2 Å². The lowest BCUT2D eigenvalue weighted by Gasteiger charge is -2.22. The molecule has 0 atom stereocenters. The molecule has 0 unspecified atom stereocenters. The Labute approximate surface area is 137 Å². The van der Waals surface area contributed by atoms with Crippen molar-refractivity contribution >= 4 is 34.2 Å². The van der Waals surface area contributed by atoms with Crippen LogP contribution in [0.4, 0.5) is 5.69 Å². The van der Waals surface area contributed by atoms with E-state index in [-0.39, 0.29) is 27.5 Å². The zero-order chi connectivity index (χ0) is 17.5. The number of nitrogens with one attached hydrogen (secondary N) is 1. The molecule has 3 rings (SSSR count). The summed E-state index contributed by atoms with van der Waals surface area (Å²) in [7, 11) is -3.33. The van der Waals surface area contributed by atoms with Crippen molar-refractivity contribution in [3.63, 3.8) is 0 Å². The molecule has 2 aromatic carbocycles. The van der Waals surface area contributed by atoms with Crippen LogP contribution >= 0.6 is 10.8 Å². The van der Waals surface area contributed by atoms with E-state index in [4.69, 9.17) is 10.2 Å². The van der Waals surface area contributed by atoms with Gasteiger partial charge < -0.3 is 15.5 Å². The van der Waals surface area contributed by atoms with Gasteiger partial charge in [-0.25, -0.2) is 9.59 Å². The summed E-state index contributed by atoms with van der Waals surface area (Å²) >= 11 is 0. The smallest absolute Gasteiger partial charge is 0.335 e. The van der Waals surface area contributed by atoms with Crippen LogP contribution < -0.4 is 5.32 Å². The summed E-state index contributed by atoms with van der Waals surface area (Å²) in [6.07, 6.45) is 0. The summed E-state index contributed by atoms with van der Waals surface area (Å²) < 4.78 is 23.8. The van der Waals surface area contributed by atoms with Gasteiger partial charge in [-0.15, -0.1) is 4.40 Å². The van der Waals surface area contributed by atoms with E-state index in [0.717, 1.165) is 6.07 Å². The summed E-state index contributed by atoms with van der Waals surface area (Å²) in [5.74, 6) is -2.43. The van der Waals surface area contributed by atoms with Crippen LogP contribution in [0.15, 0.2) is 51.8 Å². The molecule has 1 heterocycles. The molecule has 0 bridgehead atoms. The van der Waals surface area contributed by atoms with Crippen molar-refractivity contribution in [1.29, 1.82) is 0 Å². The van der Waals surface area contributed by atoms with Crippen molar-refractivity contribution in [3.8, 4) is 0 Å². The molecule has 0 aromatic heterocycles. The monoisotopic (exact) mass is 348 g/mol. The first-order chi connectivity index (χ1) is 11.3. The van der Waals surface area contributed by atoms with Crippen LogP contribution in [0.2, 0.25) is 0 Å². The number of carbonyl (C=O) groups is 2. The maximum absolute atomic E-state index is 11.1. The van der Waals surface area contributed by atoms with Crippen molar-refractivity contribution in [1.82, 2.24) is 0 Å². The highest BCUT2D eigenvalue weighted by atomic mass is 32.3. The Morgan fingerprint density at radius 2 is 1.54 bits per heavy atom. The Hall–Kier alpha value is -2.88. The summed E-state index contributed by atoms with van der Waals surface area (Å²) in [5.41, 5.74) is 0.194. The first kappa shape index (κ1) is 16.0. The normalized spacial score (nSPS) is 16.0. The number of anilines is 1. The van der Waals surface area contributed by atoms with Gasteiger partial charge in [-0.3, -0.25) is 9.11 Å². The third-order valence-corrected chi connectivity index (χ3v) is 4.73. The minimum atomic E-state index is -3.33. The van der Waals surface area contributed by atoms with Gasteiger partial charge in [0.15, 0.2) is 5.84 Å². The van der Waals surface area contributed by atoms with Gasteiger partial charge in [0.25, 0.3) is 0 Å². The number of amidine groups is 1. The second kappa shape index (κ2) is 5.64. The molecule has 0 aliphatic carbocycles. The van der Waals surface area contributed by atoms with E-state index in [1.165, 1.54) is 18.2 Å². The van der Waals surface area contributed by atoms with E-state index in [1.807, 2.05) is 0 Å². The van der Waals surface area contributed by atoms with Crippen LogP contribution in [0.1, 0.15) is 26.3 Å². The highest BCUT2D eigenvalue weighted by Crippen LogP contribution is 2.55. The van der Waals surface area contributed by atoms with E-state index >= 15 is 0 Å². The first-order valence-corrected chi connectivity index (χ1v) is 8.14. The topological polar surface area (TPSA) is 139 Å². The van der Waals surface area contributed by atoms with Gasteiger partial charge in [-0.2, -0.15) is 0 Å². The lowest BCUT2D eigenvalue weighted by atomic mass is 10.1. The number of hydrogen-bond donors (Lipinski definition) is 5. The van der Waals surface area contributed by atoms with Crippen LogP contribution in [-0.2, 0) is 0 Å². The van der Waals surface area contributed by atoms with Crippen molar-refractivity contribution in [2.45, 2.75) is 4.90 Å². The summed E-state index contributed by atoms with van der Waals surface area (Å²) in [4.78, 5) is 22.5. The van der Waals surface area contributed by atoms with Crippen LogP contribution in [0, 0.1) is 0 Å². The van der Waals surface area contributed by atoms with Gasteiger partial charge in [0, 0.05) is 11.3 Å². The maximum atomic E-state index is 11.1. The predicted octanol–water partition coefficient (Wildman–Crippen LogP) is 2.98. The predicted molar refractivity (Wildman–Crippen MR) is 88.1 cm³/mol. The van der Waals surface area contributed by atoms with E-state index in [9.17, 15) is 18.7 Å². The molecule has 0 spiro atoms. The molecule has 0 saturated carbocycles.